The van der Waals surface area contributed by atoms with Crippen molar-refractivity contribution in [2.24, 2.45) is 5.92 Å². The van der Waals surface area contributed by atoms with E-state index < -0.39 is 0 Å². The van der Waals surface area contributed by atoms with E-state index in [0.717, 1.165) is 56.8 Å². The van der Waals surface area contributed by atoms with Gasteiger partial charge in [-0.3, -0.25) is 9.59 Å². The lowest BCUT2D eigenvalue weighted by Crippen LogP contribution is -2.46. The lowest BCUT2D eigenvalue weighted by molar-refractivity contribution is -0.117. The normalized spacial score (nSPS) is 16.9. The fourth-order valence-corrected chi connectivity index (χ4v) is 3.83. The van der Waals surface area contributed by atoms with Crippen LogP contribution in [0.15, 0.2) is 42.5 Å². The van der Waals surface area contributed by atoms with Gasteiger partial charge in [0.1, 0.15) is 0 Å². The minimum Gasteiger partial charge on any atom is -0.369 e. The number of nitrogens with one attached hydrogen (secondary N) is 2. The van der Waals surface area contributed by atoms with E-state index in [-0.39, 0.29) is 17.7 Å². The standard InChI is InChI=1S/C24H30N4O2/c1-3-27-11-13-28(14-12-27)21-9-10-22(17(2)15-21)26-24(30)19-5-4-6-20(16-19)25-23(29)18-7-8-18/h4-6,9-10,15-16,18H,3,7-8,11-14H2,1-2H3,(H,25,29)(H,26,30). The third-order valence-corrected chi connectivity index (χ3v) is 5.98. The molecule has 6 nitrogen and oxygen atoms in total. The highest BCUT2D eigenvalue weighted by Crippen LogP contribution is 2.30. The van der Waals surface area contributed by atoms with E-state index >= 15 is 0 Å². The molecule has 1 aliphatic carbocycles. The predicted octanol–water partition coefficient (Wildman–Crippen LogP) is 3.74. The van der Waals surface area contributed by atoms with Gasteiger partial charge in [-0.25, -0.2) is 0 Å². The zero-order chi connectivity index (χ0) is 21.1. The van der Waals surface area contributed by atoms with Gasteiger partial charge in [-0.2, -0.15) is 0 Å². The molecule has 6 heteroatoms. The average molecular weight is 407 g/mol. The smallest absolute Gasteiger partial charge is 0.255 e. The fraction of sp³-hybridized carbons (Fsp3) is 0.417. The Kier molecular flexibility index (Phi) is 6.04. The molecule has 158 valence electrons. The molecule has 0 unspecified atom stereocenters. The van der Waals surface area contributed by atoms with Gasteiger partial charge >= 0.3 is 0 Å². The molecule has 1 heterocycles. The first-order valence-electron chi connectivity index (χ1n) is 10.8. The van der Waals surface area contributed by atoms with Crippen LogP contribution in [0.2, 0.25) is 0 Å². The van der Waals surface area contributed by atoms with Gasteiger partial charge in [0.25, 0.3) is 5.91 Å². The highest BCUT2D eigenvalue weighted by atomic mass is 16.2. The maximum atomic E-state index is 12.8. The van der Waals surface area contributed by atoms with Crippen LogP contribution in [-0.4, -0.2) is 49.4 Å². The first-order chi connectivity index (χ1) is 14.5. The van der Waals surface area contributed by atoms with Crippen molar-refractivity contribution in [2.45, 2.75) is 26.7 Å². The Hall–Kier alpha value is -2.86. The number of amides is 2. The van der Waals surface area contributed by atoms with E-state index in [4.69, 9.17) is 0 Å². The lowest BCUT2D eigenvalue weighted by atomic mass is 10.1. The monoisotopic (exact) mass is 406 g/mol. The molecule has 2 aromatic carbocycles. The molecule has 1 saturated carbocycles. The molecule has 2 aliphatic rings. The molecule has 0 radical (unpaired) electrons. The second-order valence-electron chi connectivity index (χ2n) is 8.22. The predicted molar refractivity (Wildman–Crippen MR) is 121 cm³/mol. The number of benzene rings is 2. The maximum Gasteiger partial charge on any atom is 0.255 e. The summed E-state index contributed by atoms with van der Waals surface area (Å²) < 4.78 is 0. The number of carbonyl (C=O) groups excluding carboxylic acids is 2. The van der Waals surface area contributed by atoms with Crippen LogP contribution in [0, 0.1) is 12.8 Å². The number of aryl methyl sites for hydroxylation is 1. The molecule has 1 saturated heterocycles. The number of hydrogen-bond donors (Lipinski definition) is 2. The summed E-state index contributed by atoms with van der Waals surface area (Å²) in [5.74, 6) is -0.00251. The summed E-state index contributed by atoms with van der Waals surface area (Å²) in [5, 5.41) is 5.91. The Morgan fingerprint density at radius 2 is 1.77 bits per heavy atom. The van der Waals surface area contributed by atoms with Crippen molar-refractivity contribution < 1.29 is 9.59 Å². The van der Waals surface area contributed by atoms with Crippen LogP contribution in [0.1, 0.15) is 35.7 Å². The lowest BCUT2D eigenvalue weighted by Gasteiger charge is -2.35. The molecular weight excluding hydrogens is 376 g/mol. The number of hydrogen-bond acceptors (Lipinski definition) is 4. The van der Waals surface area contributed by atoms with Gasteiger partial charge in [0, 0.05) is 54.7 Å². The maximum absolute atomic E-state index is 12.8. The number of likely N-dealkylation sites (N-methyl/N-ethyl adjacent to an activating group) is 1. The molecule has 1 aliphatic heterocycles. The molecule has 2 N–H and O–H groups in total. The van der Waals surface area contributed by atoms with E-state index in [1.165, 1.54) is 5.69 Å². The van der Waals surface area contributed by atoms with E-state index in [1.807, 2.05) is 19.1 Å². The van der Waals surface area contributed by atoms with Crippen molar-refractivity contribution >= 4 is 28.9 Å². The first-order valence-corrected chi connectivity index (χ1v) is 10.8. The Morgan fingerprint density at radius 1 is 1.00 bits per heavy atom. The second kappa shape index (κ2) is 8.88. The average Bonchev–Trinajstić information content (AvgIpc) is 3.61. The van der Waals surface area contributed by atoms with Gasteiger partial charge in [-0.05, 0) is 68.3 Å². The zero-order valence-electron chi connectivity index (χ0n) is 17.8. The van der Waals surface area contributed by atoms with Crippen molar-refractivity contribution in [1.82, 2.24) is 4.90 Å². The summed E-state index contributed by atoms with van der Waals surface area (Å²) in [5.41, 5.74) is 4.24. The highest BCUT2D eigenvalue weighted by molar-refractivity contribution is 6.06. The van der Waals surface area contributed by atoms with Crippen molar-refractivity contribution in [2.75, 3.05) is 48.3 Å². The van der Waals surface area contributed by atoms with Gasteiger partial charge in [-0.1, -0.05) is 13.0 Å². The van der Waals surface area contributed by atoms with Gasteiger partial charge in [0.15, 0.2) is 0 Å². The topological polar surface area (TPSA) is 64.7 Å². The Morgan fingerprint density at radius 3 is 2.43 bits per heavy atom. The van der Waals surface area contributed by atoms with Crippen molar-refractivity contribution in [3.8, 4) is 0 Å². The van der Waals surface area contributed by atoms with Crippen LogP contribution in [0.5, 0.6) is 0 Å². The Balaban J connectivity index is 1.40. The summed E-state index contributed by atoms with van der Waals surface area (Å²) in [6.07, 6.45) is 1.91. The van der Waals surface area contributed by atoms with Crippen LogP contribution in [-0.2, 0) is 4.79 Å². The number of nitrogens with zero attached hydrogens (tertiary/aromatic N) is 2. The fourth-order valence-electron chi connectivity index (χ4n) is 3.83. The summed E-state index contributed by atoms with van der Waals surface area (Å²) in [4.78, 5) is 29.6. The molecule has 0 spiro atoms. The summed E-state index contributed by atoms with van der Waals surface area (Å²) in [6, 6.07) is 13.3. The molecule has 0 bridgehead atoms. The second-order valence-corrected chi connectivity index (χ2v) is 8.22. The largest absolute Gasteiger partial charge is 0.369 e. The molecule has 0 aromatic heterocycles. The van der Waals surface area contributed by atoms with Crippen molar-refractivity contribution in [1.29, 1.82) is 0 Å². The summed E-state index contributed by atoms with van der Waals surface area (Å²) in [6.45, 7) is 9.55. The summed E-state index contributed by atoms with van der Waals surface area (Å²) in [7, 11) is 0. The van der Waals surface area contributed by atoms with Gasteiger partial charge in [0.05, 0.1) is 0 Å². The van der Waals surface area contributed by atoms with Crippen LogP contribution in [0.4, 0.5) is 17.1 Å². The molecule has 2 amide bonds. The number of rotatable bonds is 6. The molecule has 2 aromatic rings. The number of carbonyl (C=O) groups is 2. The van der Waals surface area contributed by atoms with E-state index in [9.17, 15) is 9.59 Å². The molecule has 2 fully saturated rings. The Labute approximate surface area is 178 Å². The van der Waals surface area contributed by atoms with Crippen molar-refractivity contribution in [3.05, 3.63) is 53.6 Å². The molecule has 30 heavy (non-hydrogen) atoms. The van der Waals surface area contributed by atoms with E-state index in [0.29, 0.717) is 11.3 Å². The third-order valence-electron chi connectivity index (χ3n) is 5.98. The third kappa shape index (κ3) is 4.82. The van der Waals surface area contributed by atoms with E-state index in [2.05, 4.69) is 39.5 Å². The molecule has 0 atom stereocenters. The van der Waals surface area contributed by atoms with Crippen LogP contribution >= 0.6 is 0 Å². The van der Waals surface area contributed by atoms with Crippen LogP contribution in [0.3, 0.4) is 0 Å². The van der Waals surface area contributed by atoms with Gasteiger partial charge in [-0.15, -0.1) is 0 Å². The van der Waals surface area contributed by atoms with Crippen LogP contribution < -0.4 is 15.5 Å². The Bertz CT molecular complexity index is 931. The van der Waals surface area contributed by atoms with E-state index in [1.54, 1.807) is 18.2 Å². The quantitative estimate of drug-likeness (QED) is 0.767. The molecule has 4 rings (SSSR count). The summed E-state index contributed by atoms with van der Waals surface area (Å²) >= 11 is 0. The highest BCUT2D eigenvalue weighted by Gasteiger charge is 2.29. The minimum absolute atomic E-state index is 0.0405. The minimum atomic E-state index is -0.176. The first kappa shape index (κ1) is 20.4. The number of anilines is 3. The SMILES string of the molecule is CCN1CCN(c2ccc(NC(=O)c3cccc(NC(=O)C4CC4)c3)c(C)c2)CC1. The van der Waals surface area contributed by atoms with Gasteiger partial charge < -0.3 is 20.4 Å². The van der Waals surface area contributed by atoms with Crippen LogP contribution in [0.25, 0.3) is 0 Å². The van der Waals surface area contributed by atoms with Crippen molar-refractivity contribution in [3.63, 3.8) is 0 Å². The zero-order valence-corrected chi connectivity index (χ0v) is 17.8. The van der Waals surface area contributed by atoms with Gasteiger partial charge in [0.2, 0.25) is 5.91 Å². The molecular formula is C24H30N4O2. The number of piperazine rings is 1.